The maximum atomic E-state index is 6.31. The van der Waals surface area contributed by atoms with Crippen molar-refractivity contribution in [3.05, 3.63) is 83.5 Å². The van der Waals surface area contributed by atoms with Crippen LogP contribution in [-0.4, -0.2) is 43.1 Å². The summed E-state index contributed by atoms with van der Waals surface area (Å²) >= 11 is 6.01. The number of fused-ring (bicyclic) bond motifs is 1. The molecule has 1 saturated heterocycles. The average Bonchev–Trinajstić information content (AvgIpc) is 3.30. The lowest BCUT2D eigenvalue weighted by molar-refractivity contribution is 0.227. The van der Waals surface area contributed by atoms with Gasteiger partial charge >= 0.3 is 0 Å². The summed E-state index contributed by atoms with van der Waals surface area (Å²) in [6.07, 6.45) is 1.95. The first-order valence-corrected chi connectivity index (χ1v) is 11.5. The fourth-order valence-electron chi connectivity index (χ4n) is 4.36. The molecular weight excluding hydrogens is 418 g/mol. The van der Waals surface area contributed by atoms with Crippen LogP contribution in [0.4, 0.5) is 5.69 Å². The van der Waals surface area contributed by atoms with E-state index in [1.807, 2.05) is 30.5 Å². The molecule has 1 aliphatic rings. The molecule has 4 aromatic rings. The first-order chi connectivity index (χ1) is 15.6. The summed E-state index contributed by atoms with van der Waals surface area (Å²) in [6.45, 7) is 6.41. The summed E-state index contributed by atoms with van der Waals surface area (Å²) in [7, 11) is 2.19. The number of hydrogen-bond acceptors (Lipinski definition) is 3. The van der Waals surface area contributed by atoms with Crippen molar-refractivity contribution in [3.63, 3.8) is 0 Å². The Balaban J connectivity index is 1.34. The number of aromatic amines is 1. The first kappa shape index (κ1) is 20.9. The van der Waals surface area contributed by atoms with Gasteiger partial charge in [-0.25, -0.2) is 0 Å². The highest BCUT2D eigenvalue weighted by molar-refractivity contribution is 6.30. The predicted octanol–water partition coefficient (Wildman–Crippen LogP) is 6.38. The van der Waals surface area contributed by atoms with Gasteiger partial charge in [-0.3, -0.25) is 0 Å². The zero-order valence-corrected chi connectivity index (χ0v) is 19.3. The van der Waals surface area contributed by atoms with E-state index in [1.54, 1.807) is 0 Å². The van der Waals surface area contributed by atoms with Crippen LogP contribution in [0.3, 0.4) is 0 Å². The smallest absolute Gasteiger partial charge is 0.122 e. The quantitative estimate of drug-likeness (QED) is 0.386. The van der Waals surface area contributed by atoms with Gasteiger partial charge in [-0.2, -0.15) is 0 Å². The minimum atomic E-state index is -0.0643. The molecule has 5 heteroatoms. The number of benzene rings is 3. The van der Waals surface area contributed by atoms with E-state index in [9.17, 15) is 0 Å². The van der Waals surface area contributed by atoms with Gasteiger partial charge < -0.3 is 19.5 Å². The highest BCUT2D eigenvalue weighted by Crippen LogP contribution is 2.32. The molecule has 5 rings (SSSR count). The SMILES string of the molecule is CC(Oc1ccc2c(N3CCN(C)CC3)cccc2c1)c1c[nH]c(-c2ccc(Cl)cc2)c1. The standard InChI is InChI=1S/C27H28ClN3O/c1-19(22-17-26(29-18-22)20-6-8-23(28)9-7-20)32-24-10-11-25-21(16-24)4-3-5-27(25)31-14-12-30(2)13-15-31/h3-11,16-19,29H,12-15H2,1-2H3. The van der Waals surface area contributed by atoms with E-state index in [0.717, 1.165) is 53.8 Å². The van der Waals surface area contributed by atoms with Crippen molar-refractivity contribution in [1.29, 1.82) is 0 Å². The Morgan fingerprint density at radius 1 is 0.938 bits per heavy atom. The summed E-state index contributed by atoms with van der Waals surface area (Å²) in [6, 6.07) is 23.0. The molecule has 0 bridgehead atoms. The molecule has 2 heterocycles. The molecular formula is C27H28ClN3O. The van der Waals surface area contributed by atoms with Crippen LogP contribution >= 0.6 is 11.6 Å². The Bertz CT molecular complexity index is 1210. The van der Waals surface area contributed by atoms with Crippen molar-refractivity contribution in [3.8, 4) is 17.0 Å². The zero-order chi connectivity index (χ0) is 22.1. The second-order valence-electron chi connectivity index (χ2n) is 8.56. The topological polar surface area (TPSA) is 31.5 Å². The molecule has 4 nitrogen and oxygen atoms in total. The van der Waals surface area contributed by atoms with Crippen LogP contribution < -0.4 is 9.64 Å². The number of hydrogen-bond donors (Lipinski definition) is 1. The molecule has 1 unspecified atom stereocenters. The summed E-state index contributed by atoms with van der Waals surface area (Å²) in [5.41, 5.74) is 4.59. The Kier molecular flexibility index (Phi) is 5.81. The van der Waals surface area contributed by atoms with Gasteiger partial charge in [0.25, 0.3) is 0 Å². The lowest BCUT2D eigenvalue weighted by Gasteiger charge is -2.34. The van der Waals surface area contributed by atoms with Crippen LogP contribution in [0.1, 0.15) is 18.6 Å². The van der Waals surface area contributed by atoms with Crippen molar-refractivity contribution in [1.82, 2.24) is 9.88 Å². The molecule has 1 fully saturated rings. The van der Waals surface area contributed by atoms with E-state index in [1.165, 1.54) is 16.5 Å². The highest BCUT2D eigenvalue weighted by Gasteiger charge is 2.17. The van der Waals surface area contributed by atoms with Crippen molar-refractivity contribution in [2.45, 2.75) is 13.0 Å². The van der Waals surface area contributed by atoms with Crippen LogP contribution in [0.25, 0.3) is 22.0 Å². The van der Waals surface area contributed by atoms with Crippen molar-refractivity contribution >= 4 is 28.1 Å². The number of aromatic nitrogens is 1. The number of rotatable bonds is 5. The first-order valence-electron chi connectivity index (χ1n) is 11.1. The second kappa shape index (κ2) is 8.89. The van der Waals surface area contributed by atoms with Crippen LogP contribution in [0, 0.1) is 0 Å². The lowest BCUT2D eigenvalue weighted by atomic mass is 10.1. The van der Waals surface area contributed by atoms with E-state index in [-0.39, 0.29) is 6.10 Å². The summed E-state index contributed by atoms with van der Waals surface area (Å²) in [5, 5.41) is 3.23. The molecule has 1 aromatic heterocycles. The Hall–Kier alpha value is -2.95. The molecule has 0 aliphatic carbocycles. The number of H-pyrrole nitrogens is 1. The second-order valence-corrected chi connectivity index (χ2v) is 9.00. The molecule has 0 radical (unpaired) electrons. The van der Waals surface area contributed by atoms with Gasteiger partial charge in [0.15, 0.2) is 0 Å². The molecule has 0 amide bonds. The summed E-state index contributed by atoms with van der Waals surface area (Å²) in [5.74, 6) is 0.884. The van der Waals surface area contributed by atoms with Crippen LogP contribution in [0.15, 0.2) is 72.9 Å². The van der Waals surface area contributed by atoms with Gasteiger partial charge in [-0.05, 0) is 67.4 Å². The number of likely N-dealkylation sites (N-methyl/N-ethyl adjacent to an activating group) is 1. The lowest BCUT2D eigenvalue weighted by Crippen LogP contribution is -2.44. The monoisotopic (exact) mass is 445 g/mol. The predicted molar refractivity (Wildman–Crippen MR) is 134 cm³/mol. The largest absolute Gasteiger partial charge is 0.486 e. The maximum absolute atomic E-state index is 6.31. The van der Waals surface area contributed by atoms with E-state index in [4.69, 9.17) is 16.3 Å². The average molecular weight is 446 g/mol. The molecule has 3 aromatic carbocycles. The molecule has 0 saturated carbocycles. The van der Waals surface area contributed by atoms with E-state index in [0.29, 0.717) is 0 Å². The third-order valence-corrected chi connectivity index (χ3v) is 6.57. The number of ether oxygens (including phenoxy) is 1. The summed E-state index contributed by atoms with van der Waals surface area (Å²) < 4.78 is 6.31. The minimum Gasteiger partial charge on any atom is -0.486 e. The zero-order valence-electron chi connectivity index (χ0n) is 18.5. The Labute approximate surface area is 194 Å². The fourth-order valence-corrected chi connectivity index (χ4v) is 4.48. The van der Waals surface area contributed by atoms with Crippen molar-refractivity contribution in [2.24, 2.45) is 0 Å². The molecule has 32 heavy (non-hydrogen) atoms. The summed E-state index contributed by atoms with van der Waals surface area (Å²) in [4.78, 5) is 8.23. The molecule has 0 spiro atoms. The van der Waals surface area contributed by atoms with E-state index in [2.05, 4.69) is 71.2 Å². The number of nitrogens with zero attached hydrogens (tertiary/aromatic N) is 2. The van der Waals surface area contributed by atoms with Gasteiger partial charge in [-0.15, -0.1) is 0 Å². The molecule has 164 valence electrons. The third-order valence-electron chi connectivity index (χ3n) is 6.32. The number of halogens is 1. The van der Waals surface area contributed by atoms with Gasteiger partial charge in [0.2, 0.25) is 0 Å². The molecule has 1 N–H and O–H groups in total. The van der Waals surface area contributed by atoms with Crippen LogP contribution in [0.5, 0.6) is 5.75 Å². The number of nitrogens with one attached hydrogen (secondary N) is 1. The maximum Gasteiger partial charge on any atom is 0.122 e. The Morgan fingerprint density at radius 2 is 1.72 bits per heavy atom. The number of piperazine rings is 1. The molecule has 1 aliphatic heterocycles. The minimum absolute atomic E-state index is 0.0643. The number of anilines is 1. The van der Waals surface area contributed by atoms with Gasteiger partial charge in [0.1, 0.15) is 11.9 Å². The van der Waals surface area contributed by atoms with Crippen molar-refractivity contribution < 1.29 is 4.74 Å². The van der Waals surface area contributed by atoms with Gasteiger partial charge in [-0.1, -0.05) is 35.9 Å². The fraction of sp³-hybridized carbons (Fsp3) is 0.259. The van der Waals surface area contributed by atoms with E-state index >= 15 is 0 Å². The van der Waals surface area contributed by atoms with Gasteiger partial charge in [0, 0.05) is 59.7 Å². The highest BCUT2D eigenvalue weighted by atomic mass is 35.5. The van der Waals surface area contributed by atoms with Crippen molar-refractivity contribution in [2.75, 3.05) is 38.1 Å². The normalized spacial score (nSPS) is 15.8. The third kappa shape index (κ3) is 4.34. The van der Waals surface area contributed by atoms with E-state index < -0.39 is 0 Å². The van der Waals surface area contributed by atoms with Crippen LogP contribution in [0.2, 0.25) is 5.02 Å². The molecule has 1 atom stereocenters. The van der Waals surface area contributed by atoms with Crippen LogP contribution in [-0.2, 0) is 0 Å². The van der Waals surface area contributed by atoms with Gasteiger partial charge in [0.05, 0.1) is 0 Å². The Morgan fingerprint density at radius 3 is 2.50 bits per heavy atom.